The van der Waals surface area contributed by atoms with Crippen molar-refractivity contribution >= 4 is 0 Å². The number of rotatable bonds is 0. The van der Waals surface area contributed by atoms with Gasteiger partial charge in [-0.2, -0.15) is 9.97 Å². The highest BCUT2D eigenvalue weighted by Crippen LogP contribution is 2.36. The molecule has 0 saturated heterocycles. The van der Waals surface area contributed by atoms with Crippen LogP contribution in [-0.4, -0.2) is 20.3 Å². The first-order chi connectivity index (χ1) is 13.4. The Morgan fingerprint density at radius 1 is 0.643 bits per heavy atom. The third-order valence-electron chi connectivity index (χ3n) is 5.63. The van der Waals surface area contributed by atoms with E-state index in [9.17, 15) is 0 Å². The van der Waals surface area contributed by atoms with Gasteiger partial charge in [0.25, 0.3) is 11.8 Å². The van der Waals surface area contributed by atoms with Crippen molar-refractivity contribution in [3.63, 3.8) is 0 Å². The second-order valence-electron chi connectivity index (χ2n) is 8.26. The van der Waals surface area contributed by atoms with E-state index in [4.69, 9.17) is 19.0 Å². The van der Waals surface area contributed by atoms with Crippen LogP contribution in [0.1, 0.15) is 50.5 Å². The summed E-state index contributed by atoms with van der Waals surface area (Å²) in [4.78, 5) is 9.42. The molecule has 6 nitrogen and oxygen atoms in total. The monoisotopic (exact) mass is 372 g/mol. The van der Waals surface area contributed by atoms with Crippen molar-refractivity contribution < 1.29 is 9.05 Å². The van der Waals surface area contributed by atoms with Crippen LogP contribution in [-0.2, 0) is 10.8 Å². The molecule has 1 aliphatic heterocycles. The minimum absolute atomic E-state index is 0.443. The number of nitrogens with zero attached hydrogens (tertiary/aromatic N) is 4. The molecule has 0 aliphatic carbocycles. The standard InChI is InChI=1S/C22H20N4O2/c1-21(2)15-9-5-7-13(11-15)18-24-20(26-28-18)22(3,4)16-10-6-8-14(12-16)17-23-19(21)25-27-17/h5-12H,1-4H3. The van der Waals surface area contributed by atoms with E-state index in [-0.39, 0.29) is 0 Å². The molecule has 0 spiro atoms. The molecule has 28 heavy (non-hydrogen) atoms. The van der Waals surface area contributed by atoms with Crippen LogP contribution in [0, 0.1) is 0 Å². The third-order valence-corrected chi connectivity index (χ3v) is 5.63. The fraction of sp³-hybridized carbons (Fsp3) is 0.273. The van der Waals surface area contributed by atoms with Crippen molar-refractivity contribution in [1.82, 2.24) is 20.3 Å². The Labute approximate surface area is 162 Å². The zero-order valence-electron chi connectivity index (χ0n) is 16.2. The van der Waals surface area contributed by atoms with Crippen molar-refractivity contribution in [2.75, 3.05) is 0 Å². The summed E-state index contributed by atoms with van der Waals surface area (Å²) >= 11 is 0. The number of hydrogen-bond acceptors (Lipinski definition) is 6. The van der Waals surface area contributed by atoms with Crippen LogP contribution in [0.2, 0.25) is 0 Å². The van der Waals surface area contributed by atoms with E-state index in [1.807, 2.05) is 48.5 Å². The largest absolute Gasteiger partial charge is 0.334 e. The lowest BCUT2D eigenvalue weighted by Gasteiger charge is -2.22. The van der Waals surface area contributed by atoms with Gasteiger partial charge in [0, 0.05) is 11.1 Å². The molecule has 2 aromatic carbocycles. The van der Waals surface area contributed by atoms with Gasteiger partial charge in [0.05, 0.1) is 10.8 Å². The predicted octanol–water partition coefficient (Wildman–Crippen LogP) is 4.75. The number of hydrogen-bond donors (Lipinski definition) is 0. The van der Waals surface area contributed by atoms with Gasteiger partial charge in [0.2, 0.25) is 0 Å². The Kier molecular flexibility index (Phi) is 3.38. The lowest BCUT2D eigenvalue weighted by atomic mass is 9.82. The smallest absolute Gasteiger partial charge is 0.257 e. The molecule has 0 unspecified atom stereocenters. The lowest BCUT2D eigenvalue weighted by Crippen LogP contribution is -2.21. The summed E-state index contributed by atoms with van der Waals surface area (Å²) < 4.78 is 11.2. The summed E-state index contributed by atoms with van der Waals surface area (Å²) in [6.45, 7) is 8.30. The molecule has 1 aliphatic rings. The molecule has 5 rings (SSSR count). The highest BCUT2D eigenvalue weighted by molar-refractivity contribution is 5.58. The van der Waals surface area contributed by atoms with Crippen molar-refractivity contribution in [1.29, 1.82) is 0 Å². The molecule has 0 amide bonds. The maximum atomic E-state index is 5.62. The van der Waals surface area contributed by atoms with Crippen LogP contribution < -0.4 is 0 Å². The Morgan fingerprint density at radius 3 is 1.50 bits per heavy atom. The molecule has 6 heteroatoms. The van der Waals surface area contributed by atoms with E-state index in [0.29, 0.717) is 23.4 Å². The lowest BCUT2D eigenvalue weighted by molar-refractivity contribution is 0.405. The van der Waals surface area contributed by atoms with E-state index in [1.165, 1.54) is 0 Å². The van der Waals surface area contributed by atoms with Crippen molar-refractivity contribution in [3.8, 4) is 22.9 Å². The van der Waals surface area contributed by atoms with Crippen molar-refractivity contribution in [3.05, 3.63) is 71.3 Å². The molecule has 140 valence electrons. The van der Waals surface area contributed by atoms with Crippen LogP contribution in [0.15, 0.2) is 57.6 Å². The molecule has 8 bridgehead atoms. The first kappa shape index (κ1) is 16.9. The van der Waals surface area contributed by atoms with Gasteiger partial charge in [-0.05, 0) is 63.1 Å². The highest BCUT2D eigenvalue weighted by Gasteiger charge is 2.33. The summed E-state index contributed by atoms with van der Waals surface area (Å²) in [5.41, 5.74) is 2.94. The SMILES string of the molecule is CC1(C)c2cccc(c2)-c2nc(no2)C(C)(C)c2cccc(c2)-c2nc1no2. The predicted molar refractivity (Wildman–Crippen MR) is 104 cm³/mol. The van der Waals surface area contributed by atoms with Gasteiger partial charge in [-0.3, -0.25) is 0 Å². The quantitative estimate of drug-likeness (QED) is 0.443. The van der Waals surface area contributed by atoms with E-state index in [0.717, 1.165) is 22.3 Å². The molecule has 4 aromatic rings. The van der Waals surface area contributed by atoms with Gasteiger partial charge in [0.15, 0.2) is 11.6 Å². The van der Waals surface area contributed by atoms with Crippen LogP contribution >= 0.6 is 0 Å². The first-order valence-electron chi connectivity index (χ1n) is 9.26. The van der Waals surface area contributed by atoms with Gasteiger partial charge in [-0.25, -0.2) is 0 Å². The highest BCUT2D eigenvalue weighted by atomic mass is 16.5. The van der Waals surface area contributed by atoms with Gasteiger partial charge in [0.1, 0.15) is 0 Å². The average molecular weight is 372 g/mol. The summed E-state index contributed by atoms with van der Waals surface area (Å²) in [7, 11) is 0. The Morgan fingerprint density at radius 2 is 1.07 bits per heavy atom. The van der Waals surface area contributed by atoms with Gasteiger partial charge in [-0.15, -0.1) is 0 Å². The van der Waals surface area contributed by atoms with Crippen LogP contribution in [0.4, 0.5) is 0 Å². The summed E-state index contributed by atoms with van der Waals surface area (Å²) in [6.07, 6.45) is 0. The zero-order valence-corrected chi connectivity index (χ0v) is 16.2. The van der Waals surface area contributed by atoms with Gasteiger partial charge >= 0.3 is 0 Å². The molecular weight excluding hydrogens is 352 g/mol. The van der Waals surface area contributed by atoms with E-state index in [1.54, 1.807) is 0 Å². The third kappa shape index (κ3) is 2.41. The zero-order chi connectivity index (χ0) is 19.5. The Bertz CT molecular complexity index is 1090. The minimum Gasteiger partial charge on any atom is -0.334 e. The molecule has 0 fully saturated rings. The van der Waals surface area contributed by atoms with Crippen LogP contribution in [0.3, 0.4) is 0 Å². The van der Waals surface area contributed by atoms with E-state index < -0.39 is 10.8 Å². The fourth-order valence-electron chi connectivity index (χ4n) is 3.53. The normalized spacial score (nSPS) is 16.4. The fourth-order valence-corrected chi connectivity index (χ4v) is 3.53. The molecule has 2 aromatic heterocycles. The van der Waals surface area contributed by atoms with Crippen molar-refractivity contribution in [2.45, 2.75) is 38.5 Å². The molecule has 0 N–H and O–H groups in total. The second-order valence-corrected chi connectivity index (χ2v) is 8.26. The van der Waals surface area contributed by atoms with Crippen LogP contribution in [0.5, 0.6) is 0 Å². The average Bonchev–Trinajstić information content (AvgIpc) is 3.38. The maximum absolute atomic E-state index is 5.62. The van der Waals surface area contributed by atoms with Crippen molar-refractivity contribution in [2.24, 2.45) is 0 Å². The Balaban J connectivity index is 1.82. The molecule has 3 heterocycles. The second kappa shape index (κ2) is 5.61. The maximum Gasteiger partial charge on any atom is 0.257 e. The molecular formula is C22H20N4O2. The molecule has 0 radical (unpaired) electrons. The first-order valence-corrected chi connectivity index (χ1v) is 9.26. The Hall–Kier alpha value is -3.28. The minimum atomic E-state index is -0.443. The molecule has 0 atom stereocenters. The topological polar surface area (TPSA) is 77.8 Å². The summed E-state index contributed by atoms with van der Waals surface area (Å²) in [5.74, 6) is 2.27. The van der Waals surface area contributed by atoms with Crippen LogP contribution in [0.25, 0.3) is 22.9 Å². The summed E-state index contributed by atoms with van der Waals surface area (Å²) in [5, 5.41) is 8.56. The van der Waals surface area contributed by atoms with Gasteiger partial charge in [-0.1, -0.05) is 34.6 Å². The number of fused-ring (bicyclic) bond motifs is 10. The number of benzene rings is 2. The van der Waals surface area contributed by atoms with E-state index in [2.05, 4.69) is 38.0 Å². The van der Waals surface area contributed by atoms with Gasteiger partial charge < -0.3 is 9.05 Å². The number of aromatic nitrogens is 4. The summed E-state index contributed by atoms with van der Waals surface area (Å²) in [6, 6.07) is 16.1. The van der Waals surface area contributed by atoms with E-state index >= 15 is 0 Å². The molecule has 0 saturated carbocycles.